The number of aromatic nitrogens is 2. The Kier molecular flexibility index (Phi) is 4.42. The molecule has 1 heterocycles. The first kappa shape index (κ1) is 15.7. The predicted molar refractivity (Wildman–Crippen MR) is 81.2 cm³/mol. The zero-order valence-corrected chi connectivity index (χ0v) is 13.3. The van der Waals surface area contributed by atoms with E-state index in [9.17, 15) is 13.2 Å². The normalized spacial score (nSPS) is 14.6. The molecule has 1 amide bonds. The van der Waals surface area contributed by atoms with E-state index in [1.807, 2.05) is 0 Å². The predicted octanol–water partition coefficient (Wildman–Crippen LogP) is 1.43. The topological polar surface area (TPSA) is 102 Å². The average Bonchev–Trinajstić information content (AvgIpc) is 3.30. The van der Waals surface area contributed by atoms with Gasteiger partial charge in [0.05, 0.1) is 17.2 Å². The van der Waals surface area contributed by atoms with Gasteiger partial charge in [0.25, 0.3) is 0 Å². The lowest BCUT2D eigenvalue weighted by molar-refractivity contribution is -0.120. The van der Waals surface area contributed by atoms with Crippen LogP contribution in [0.2, 0.25) is 0 Å². The minimum absolute atomic E-state index is 0.107. The van der Waals surface area contributed by atoms with Crippen molar-refractivity contribution < 1.29 is 17.7 Å². The van der Waals surface area contributed by atoms with Crippen molar-refractivity contribution in [3.8, 4) is 0 Å². The molecule has 1 aliphatic rings. The maximum atomic E-state index is 12.1. The molecule has 1 aliphatic carbocycles. The fraction of sp³-hybridized carbons (Fsp3) is 0.400. The van der Waals surface area contributed by atoms with Crippen molar-refractivity contribution in [3.05, 3.63) is 42.0 Å². The first-order valence-corrected chi connectivity index (χ1v) is 9.07. The minimum Gasteiger partial charge on any atom is -0.349 e. The van der Waals surface area contributed by atoms with Gasteiger partial charge in [0.2, 0.25) is 11.8 Å². The lowest BCUT2D eigenvalue weighted by atomic mass is 10.4. The van der Waals surface area contributed by atoms with Gasteiger partial charge in [-0.25, -0.2) is 8.42 Å². The molecule has 0 radical (unpaired) electrons. The van der Waals surface area contributed by atoms with Crippen molar-refractivity contribution in [3.63, 3.8) is 0 Å². The lowest BCUT2D eigenvalue weighted by Crippen LogP contribution is -2.25. The van der Waals surface area contributed by atoms with Crippen molar-refractivity contribution in [2.45, 2.75) is 36.6 Å². The third-order valence-corrected chi connectivity index (χ3v) is 5.29. The maximum absolute atomic E-state index is 12.1. The number of amides is 1. The molecule has 1 N–H and O–H groups in total. The van der Waals surface area contributed by atoms with Crippen LogP contribution in [-0.2, 0) is 21.2 Å². The van der Waals surface area contributed by atoms with Crippen LogP contribution in [0.1, 0.15) is 36.9 Å². The van der Waals surface area contributed by atoms with Crippen molar-refractivity contribution >= 4 is 15.7 Å². The molecule has 1 fully saturated rings. The Bertz CT molecular complexity index is 782. The second-order valence-electron chi connectivity index (χ2n) is 5.48. The Hall–Kier alpha value is -2.22. The van der Waals surface area contributed by atoms with Crippen LogP contribution in [0.3, 0.4) is 0 Å². The molecule has 0 saturated heterocycles. The SMILES string of the molecule is O=C(CCS(=O)(=O)c1ccccc1)NCc1noc(C2CC2)n1. The molecule has 0 atom stereocenters. The standard InChI is InChI=1S/C15H17N3O4S/c19-14(8-9-23(20,21)12-4-2-1-3-5-12)16-10-13-17-15(22-18-13)11-6-7-11/h1-5,11H,6-10H2,(H,16,19). The number of sulfone groups is 1. The van der Waals surface area contributed by atoms with Crippen LogP contribution >= 0.6 is 0 Å². The van der Waals surface area contributed by atoms with Crippen LogP contribution < -0.4 is 5.32 Å². The highest BCUT2D eigenvalue weighted by Crippen LogP contribution is 2.38. The molecular weight excluding hydrogens is 318 g/mol. The van der Waals surface area contributed by atoms with E-state index < -0.39 is 9.84 Å². The van der Waals surface area contributed by atoms with Crippen LogP contribution in [-0.4, -0.2) is 30.2 Å². The van der Waals surface area contributed by atoms with Gasteiger partial charge in [0.15, 0.2) is 15.7 Å². The number of benzene rings is 1. The van der Waals surface area contributed by atoms with E-state index in [1.165, 1.54) is 12.1 Å². The molecule has 8 heteroatoms. The fourth-order valence-electron chi connectivity index (χ4n) is 2.07. The molecule has 1 aromatic heterocycles. The van der Waals surface area contributed by atoms with Gasteiger partial charge >= 0.3 is 0 Å². The Balaban J connectivity index is 1.47. The molecule has 0 unspecified atom stereocenters. The van der Waals surface area contributed by atoms with Crippen LogP contribution in [0.4, 0.5) is 0 Å². The highest BCUT2D eigenvalue weighted by molar-refractivity contribution is 7.91. The zero-order valence-electron chi connectivity index (χ0n) is 12.4. The highest BCUT2D eigenvalue weighted by Gasteiger charge is 2.29. The van der Waals surface area contributed by atoms with Crippen LogP contribution in [0, 0.1) is 0 Å². The average molecular weight is 335 g/mol. The summed E-state index contributed by atoms with van der Waals surface area (Å²) in [4.78, 5) is 16.2. The Labute approximate surface area is 134 Å². The van der Waals surface area contributed by atoms with Gasteiger partial charge in [-0.2, -0.15) is 4.98 Å². The number of nitrogens with one attached hydrogen (secondary N) is 1. The highest BCUT2D eigenvalue weighted by atomic mass is 32.2. The Morgan fingerprint density at radius 2 is 2.00 bits per heavy atom. The van der Waals surface area contributed by atoms with Crippen LogP contribution in [0.5, 0.6) is 0 Å². The maximum Gasteiger partial charge on any atom is 0.229 e. The van der Waals surface area contributed by atoms with E-state index in [0.29, 0.717) is 17.6 Å². The second kappa shape index (κ2) is 6.49. The Morgan fingerprint density at radius 3 is 2.70 bits per heavy atom. The van der Waals surface area contributed by atoms with E-state index in [1.54, 1.807) is 18.2 Å². The van der Waals surface area contributed by atoms with E-state index in [0.717, 1.165) is 12.8 Å². The summed E-state index contributed by atoms with van der Waals surface area (Å²) in [5, 5.41) is 6.39. The fourth-order valence-corrected chi connectivity index (χ4v) is 3.34. The third kappa shape index (κ3) is 4.16. The molecule has 7 nitrogen and oxygen atoms in total. The van der Waals surface area contributed by atoms with Crippen molar-refractivity contribution in [1.29, 1.82) is 0 Å². The molecule has 1 saturated carbocycles. The third-order valence-electron chi connectivity index (χ3n) is 3.55. The molecule has 23 heavy (non-hydrogen) atoms. The van der Waals surface area contributed by atoms with Gasteiger partial charge in [-0.05, 0) is 25.0 Å². The van der Waals surface area contributed by atoms with E-state index in [-0.39, 0.29) is 29.5 Å². The number of rotatable bonds is 7. The van der Waals surface area contributed by atoms with E-state index in [2.05, 4.69) is 15.5 Å². The van der Waals surface area contributed by atoms with Gasteiger partial charge in [-0.3, -0.25) is 4.79 Å². The summed E-state index contributed by atoms with van der Waals surface area (Å²) in [6, 6.07) is 8.09. The quantitative estimate of drug-likeness (QED) is 0.821. The molecular formula is C15H17N3O4S. The molecule has 0 aliphatic heterocycles. The van der Waals surface area contributed by atoms with Gasteiger partial charge in [-0.15, -0.1) is 0 Å². The molecule has 1 aromatic carbocycles. The molecule has 3 rings (SSSR count). The summed E-state index contributed by atoms with van der Waals surface area (Å²) in [5.41, 5.74) is 0. The summed E-state index contributed by atoms with van der Waals surface area (Å²) in [5.74, 6) is 0.792. The van der Waals surface area contributed by atoms with Crippen LogP contribution in [0.25, 0.3) is 0 Å². The smallest absolute Gasteiger partial charge is 0.229 e. The molecule has 0 spiro atoms. The zero-order chi connectivity index (χ0) is 16.3. The summed E-state index contributed by atoms with van der Waals surface area (Å²) in [7, 11) is -3.45. The summed E-state index contributed by atoms with van der Waals surface area (Å²) < 4.78 is 29.2. The van der Waals surface area contributed by atoms with Gasteiger partial charge in [-0.1, -0.05) is 23.4 Å². The van der Waals surface area contributed by atoms with E-state index >= 15 is 0 Å². The molecule has 0 bridgehead atoms. The van der Waals surface area contributed by atoms with Gasteiger partial charge in [0.1, 0.15) is 0 Å². The first-order valence-electron chi connectivity index (χ1n) is 7.41. The van der Waals surface area contributed by atoms with Crippen LogP contribution in [0.15, 0.2) is 39.8 Å². The summed E-state index contributed by atoms with van der Waals surface area (Å²) in [6.07, 6.45) is 2.02. The Morgan fingerprint density at radius 1 is 1.26 bits per heavy atom. The number of carbonyl (C=O) groups excluding carboxylic acids is 1. The summed E-state index contributed by atoms with van der Waals surface area (Å²) in [6.45, 7) is 0.139. The number of hydrogen-bond acceptors (Lipinski definition) is 6. The van der Waals surface area contributed by atoms with Gasteiger partial charge in [0, 0.05) is 12.3 Å². The number of hydrogen-bond donors (Lipinski definition) is 1. The molecule has 2 aromatic rings. The van der Waals surface area contributed by atoms with E-state index in [4.69, 9.17) is 4.52 Å². The number of carbonyl (C=O) groups is 1. The van der Waals surface area contributed by atoms with Crippen molar-refractivity contribution in [2.24, 2.45) is 0 Å². The van der Waals surface area contributed by atoms with Gasteiger partial charge < -0.3 is 9.84 Å². The minimum atomic E-state index is -3.45. The van der Waals surface area contributed by atoms with Crippen molar-refractivity contribution in [1.82, 2.24) is 15.5 Å². The van der Waals surface area contributed by atoms with Crippen molar-refractivity contribution in [2.75, 3.05) is 5.75 Å². The second-order valence-corrected chi connectivity index (χ2v) is 7.59. The monoisotopic (exact) mass is 335 g/mol. The largest absolute Gasteiger partial charge is 0.349 e. The number of nitrogens with zero attached hydrogens (tertiary/aromatic N) is 2. The molecule has 122 valence electrons. The lowest BCUT2D eigenvalue weighted by Gasteiger charge is -2.04. The first-order chi connectivity index (χ1) is 11.0. The summed E-state index contributed by atoms with van der Waals surface area (Å²) >= 11 is 0.